The molecule has 112 valence electrons. The largest absolute Gasteiger partial charge is 0.434 e. The third-order valence-corrected chi connectivity index (χ3v) is 3.07. The van der Waals surface area contributed by atoms with E-state index in [1.807, 2.05) is 0 Å². The van der Waals surface area contributed by atoms with Gasteiger partial charge in [-0.25, -0.2) is 4.39 Å². The molecule has 0 aliphatic rings. The van der Waals surface area contributed by atoms with Crippen molar-refractivity contribution in [2.45, 2.75) is 19.7 Å². The first-order valence-corrected chi connectivity index (χ1v) is 6.61. The molecule has 0 aliphatic heterocycles. The van der Waals surface area contributed by atoms with Crippen molar-refractivity contribution in [1.29, 1.82) is 0 Å². The second-order valence-electron chi connectivity index (χ2n) is 4.33. The lowest BCUT2D eigenvalue weighted by Crippen LogP contribution is -2.15. The van der Waals surface area contributed by atoms with Crippen LogP contribution in [0.3, 0.4) is 0 Å². The summed E-state index contributed by atoms with van der Waals surface area (Å²) in [5, 5.41) is 3.31. The van der Waals surface area contributed by atoms with Crippen molar-refractivity contribution < 1.29 is 17.9 Å². The maximum absolute atomic E-state index is 13.6. The molecule has 0 atom stereocenters. The van der Waals surface area contributed by atoms with E-state index >= 15 is 0 Å². The van der Waals surface area contributed by atoms with Crippen LogP contribution in [0.5, 0.6) is 5.75 Å². The van der Waals surface area contributed by atoms with Gasteiger partial charge in [0.15, 0.2) is 0 Å². The van der Waals surface area contributed by atoms with Crippen LogP contribution in [0.1, 0.15) is 11.1 Å². The first kappa shape index (κ1) is 15.7. The smallest absolute Gasteiger partial charge is 0.387 e. The van der Waals surface area contributed by atoms with Crippen molar-refractivity contribution in [3.8, 4) is 5.75 Å². The Labute approximate surface area is 125 Å². The molecule has 2 rings (SSSR count). The highest BCUT2D eigenvalue weighted by molar-refractivity contribution is 6.30. The molecule has 0 heterocycles. The van der Waals surface area contributed by atoms with Gasteiger partial charge in [-0.2, -0.15) is 8.78 Å². The first-order chi connectivity index (χ1) is 10.1. The zero-order chi connectivity index (χ0) is 15.2. The molecular formula is C15H13ClF3NO. The van der Waals surface area contributed by atoms with E-state index < -0.39 is 12.4 Å². The van der Waals surface area contributed by atoms with Gasteiger partial charge in [0.1, 0.15) is 11.6 Å². The van der Waals surface area contributed by atoms with Gasteiger partial charge < -0.3 is 10.1 Å². The van der Waals surface area contributed by atoms with Gasteiger partial charge in [0.25, 0.3) is 0 Å². The van der Waals surface area contributed by atoms with E-state index in [2.05, 4.69) is 10.1 Å². The van der Waals surface area contributed by atoms with Crippen molar-refractivity contribution in [2.75, 3.05) is 0 Å². The normalized spacial score (nSPS) is 10.9. The number of rotatable bonds is 6. The maximum atomic E-state index is 13.6. The molecule has 2 nitrogen and oxygen atoms in total. The second kappa shape index (κ2) is 7.33. The van der Waals surface area contributed by atoms with Gasteiger partial charge in [-0.1, -0.05) is 35.9 Å². The number of alkyl halides is 2. The third kappa shape index (κ3) is 4.65. The minimum absolute atomic E-state index is 0.108. The molecule has 2 aromatic carbocycles. The van der Waals surface area contributed by atoms with Crippen LogP contribution in [0.2, 0.25) is 5.02 Å². The fourth-order valence-corrected chi connectivity index (χ4v) is 2.02. The zero-order valence-electron chi connectivity index (χ0n) is 11.0. The lowest BCUT2D eigenvalue weighted by atomic mass is 10.2. The maximum Gasteiger partial charge on any atom is 0.387 e. The van der Waals surface area contributed by atoms with Crippen LogP contribution in [0.4, 0.5) is 13.2 Å². The highest BCUT2D eigenvalue weighted by Gasteiger charge is 2.09. The molecule has 0 saturated heterocycles. The molecule has 0 radical (unpaired) electrons. The molecular weight excluding hydrogens is 303 g/mol. The van der Waals surface area contributed by atoms with Crippen molar-refractivity contribution in [2.24, 2.45) is 0 Å². The van der Waals surface area contributed by atoms with Crippen molar-refractivity contribution >= 4 is 11.6 Å². The van der Waals surface area contributed by atoms with E-state index in [0.29, 0.717) is 16.1 Å². The summed E-state index contributed by atoms with van der Waals surface area (Å²) in [4.78, 5) is 0. The Bertz CT molecular complexity index is 607. The Hall–Kier alpha value is -1.72. The standard InChI is InChI=1S/C15H13ClF3NO/c16-12-6-5-10(13(17)7-12)8-20-9-11-3-1-2-4-14(11)21-15(18)19/h1-7,15,20H,8-9H2. The first-order valence-electron chi connectivity index (χ1n) is 6.23. The number of para-hydroxylation sites is 1. The van der Waals surface area contributed by atoms with Crippen LogP contribution in [0.15, 0.2) is 42.5 Å². The molecule has 0 aliphatic carbocycles. The summed E-state index contributed by atoms with van der Waals surface area (Å²) in [5.41, 5.74) is 1.03. The van der Waals surface area contributed by atoms with E-state index in [4.69, 9.17) is 11.6 Å². The molecule has 0 bridgehead atoms. The van der Waals surface area contributed by atoms with Crippen molar-refractivity contribution in [1.82, 2.24) is 5.32 Å². The van der Waals surface area contributed by atoms with Crippen LogP contribution in [-0.2, 0) is 13.1 Å². The van der Waals surface area contributed by atoms with Gasteiger partial charge in [0.2, 0.25) is 0 Å². The lowest BCUT2D eigenvalue weighted by Gasteiger charge is -2.11. The molecule has 0 unspecified atom stereocenters. The summed E-state index contributed by atoms with van der Waals surface area (Å²) in [6.07, 6.45) is 0. The summed E-state index contributed by atoms with van der Waals surface area (Å²) >= 11 is 5.67. The van der Waals surface area contributed by atoms with E-state index in [-0.39, 0.29) is 18.8 Å². The number of benzene rings is 2. The molecule has 21 heavy (non-hydrogen) atoms. The van der Waals surface area contributed by atoms with E-state index in [0.717, 1.165) is 0 Å². The van der Waals surface area contributed by atoms with Crippen LogP contribution in [-0.4, -0.2) is 6.61 Å². The highest BCUT2D eigenvalue weighted by atomic mass is 35.5. The van der Waals surface area contributed by atoms with Gasteiger partial charge >= 0.3 is 6.61 Å². The lowest BCUT2D eigenvalue weighted by molar-refractivity contribution is -0.0505. The van der Waals surface area contributed by atoms with Crippen LogP contribution in [0.25, 0.3) is 0 Å². The Kier molecular flexibility index (Phi) is 5.47. The topological polar surface area (TPSA) is 21.3 Å². The molecule has 0 amide bonds. The van der Waals surface area contributed by atoms with Gasteiger partial charge in [-0.05, 0) is 18.2 Å². The summed E-state index contributed by atoms with van der Waals surface area (Å²) in [6.45, 7) is -2.34. The fraction of sp³-hybridized carbons (Fsp3) is 0.200. The van der Waals surface area contributed by atoms with Crippen LogP contribution in [0, 0.1) is 5.82 Å². The molecule has 6 heteroatoms. The Morgan fingerprint density at radius 1 is 1.05 bits per heavy atom. The second-order valence-corrected chi connectivity index (χ2v) is 4.76. The monoisotopic (exact) mass is 315 g/mol. The minimum Gasteiger partial charge on any atom is -0.434 e. The Balaban J connectivity index is 1.97. The molecule has 2 aromatic rings. The van der Waals surface area contributed by atoms with Crippen LogP contribution >= 0.6 is 11.6 Å². The van der Waals surface area contributed by atoms with E-state index in [1.165, 1.54) is 12.1 Å². The van der Waals surface area contributed by atoms with Crippen molar-refractivity contribution in [3.63, 3.8) is 0 Å². The molecule has 1 N–H and O–H groups in total. The number of ether oxygens (including phenoxy) is 1. The predicted molar refractivity (Wildman–Crippen MR) is 75.0 cm³/mol. The van der Waals surface area contributed by atoms with Gasteiger partial charge in [-0.3, -0.25) is 0 Å². The number of hydrogen-bond donors (Lipinski definition) is 1. The van der Waals surface area contributed by atoms with Crippen molar-refractivity contribution in [3.05, 3.63) is 64.4 Å². The summed E-state index contributed by atoms with van der Waals surface area (Å²) in [7, 11) is 0. The summed E-state index contributed by atoms with van der Waals surface area (Å²) in [6, 6.07) is 10.9. The number of hydrogen-bond acceptors (Lipinski definition) is 2. The van der Waals surface area contributed by atoms with Gasteiger partial charge in [0, 0.05) is 29.2 Å². The number of nitrogens with one attached hydrogen (secondary N) is 1. The zero-order valence-corrected chi connectivity index (χ0v) is 11.7. The van der Waals surface area contributed by atoms with E-state index in [1.54, 1.807) is 30.3 Å². The SMILES string of the molecule is Fc1cc(Cl)ccc1CNCc1ccccc1OC(F)F. The summed E-state index contributed by atoms with van der Waals surface area (Å²) < 4.78 is 42.5. The average Bonchev–Trinajstić information content (AvgIpc) is 2.42. The van der Waals surface area contributed by atoms with Crippen LogP contribution < -0.4 is 10.1 Å². The predicted octanol–water partition coefficient (Wildman–Crippen LogP) is 4.37. The Morgan fingerprint density at radius 2 is 1.76 bits per heavy atom. The number of halogens is 4. The van der Waals surface area contributed by atoms with Gasteiger partial charge in [0.05, 0.1) is 0 Å². The Morgan fingerprint density at radius 3 is 2.48 bits per heavy atom. The minimum atomic E-state index is -2.88. The molecule has 0 aromatic heterocycles. The summed E-state index contributed by atoms with van der Waals surface area (Å²) in [5.74, 6) is -0.302. The highest BCUT2D eigenvalue weighted by Crippen LogP contribution is 2.20. The van der Waals surface area contributed by atoms with E-state index in [9.17, 15) is 13.2 Å². The van der Waals surface area contributed by atoms with Gasteiger partial charge in [-0.15, -0.1) is 0 Å². The molecule has 0 spiro atoms. The quantitative estimate of drug-likeness (QED) is 0.854. The fourth-order valence-electron chi connectivity index (χ4n) is 1.86. The average molecular weight is 316 g/mol. The molecule has 0 fully saturated rings. The molecule has 0 saturated carbocycles. The third-order valence-electron chi connectivity index (χ3n) is 2.83.